The van der Waals surface area contributed by atoms with Crippen LogP contribution in [0, 0.1) is 20.2 Å². The summed E-state index contributed by atoms with van der Waals surface area (Å²) in [7, 11) is 0. The van der Waals surface area contributed by atoms with Crippen LogP contribution in [0.1, 0.15) is 20.3 Å². The number of nitrogens with one attached hydrogen (secondary N) is 1. The number of hydrogen-bond acceptors (Lipinski definition) is 10. The van der Waals surface area contributed by atoms with E-state index in [1.54, 1.807) is 13.8 Å². The number of carbonyl (C=O) groups excluding carboxylic acids is 2. The summed E-state index contributed by atoms with van der Waals surface area (Å²) in [6.45, 7) is 3.25. The fourth-order valence-corrected chi connectivity index (χ4v) is 1.73. The minimum atomic E-state index is -0.905. The van der Waals surface area contributed by atoms with Gasteiger partial charge in [0.25, 0.3) is 5.69 Å². The summed E-state index contributed by atoms with van der Waals surface area (Å²) in [6, 6.07) is 2.83. The zero-order valence-corrected chi connectivity index (χ0v) is 14.0. The number of anilines is 1. The summed E-state index contributed by atoms with van der Waals surface area (Å²) in [5.74, 6) is -1.64. The number of nitrogens with zero attached hydrogens (tertiary/aromatic N) is 3. The lowest BCUT2D eigenvalue weighted by molar-refractivity contribution is -0.393. The van der Waals surface area contributed by atoms with Crippen LogP contribution in [0.5, 0.6) is 0 Å². The van der Waals surface area contributed by atoms with E-state index in [2.05, 4.69) is 10.5 Å². The van der Waals surface area contributed by atoms with Gasteiger partial charge in [0.2, 0.25) is 0 Å². The van der Waals surface area contributed by atoms with E-state index in [0.29, 0.717) is 0 Å². The molecule has 1 rings (SSSR count). The third kappa shape index (κ3) is 5.81. The van der Waals surface area contributed by atoms with Crippen molar-refractivity contribution in [2.75, 3.05) is 18.6 Å². The summed E-state index contributed by atoms with van der Waals surface area (Å²) in [5.41, 5.74) is 0.591. The van der Waals surface area contributed by atoms with E-state index in [4.69, 9.17) is 9.47 Å². The van der Waals surface area contributed by atoms with E-state index < -0.39 is 39.6 Å². The van der Waals surface area contributed by atoms with Crippen molar-refractivity contribution in [3.8, 4) is 0 Å². The average Bonchev–Trinajstić information content (AvgIpc) is 2.58. The minimum absolute atomic E-state index is 0.0261. The van der Waals surface area contributed by atoms with Gasteiger partial charge < -0.3 is 9.47 Å². The average molecular weight is 368 g/mol. The molecule has 26 heavy (non-hydrogen) atoms. The largest absolute Gasteiger partial charge is 0.466 e. The monoisotopic (exact) mass is 368 g/mol. The molecule has 1 aromatic carbocycles. The van der Waals surface area contributed by atoms with Crippen LogP contribution in [-0.2, 0) is 19.1 Å². The number of hydrogen-bond donors (Lipinski definition) is 1. The fourth-order valence-electron chi connectivity index (χ4n) is 1.73. The Morgan fingerprint density at radius 2 is 1.77 bits per heavy atom. The van der Waals surface area contributed by atoms with Gasteiger partial charge in [-0.25, -0.2) is 4.79 Å². The van der Waals surface area contributed by atoms with Gasteiger partial charge >= 0.3 is 17.6 Å². The van der Waals surface area contributed by atoms with Gasteiger partial charge in [-0.2, -0.15) is 5.10 Å². The summed E-state index contributed by atoms with van der Waals surface area (Å²) >= 11 is 0. The molecule has 0 spiro atoms. The molecule has 12 heteroatoms. The van der Waals surface area contributed by atoms with E-state index in [-0.39, 0.29) is 24.6 Å². The minimum Gasteiger partial charge on any atom is -0.466 e. The van der Waals surface area contributed by atoms with Crippen LogP contribution in [0.25, 0.3) is 0 Å². The van der Waals surface area contributed by atoms with Crippen molar-refractivity contribution in [1.29, 1.82) is 0 Å². The van der Waals surface area contributed by atoms with Crippen molar-refractivity contribution in [1.82, 2.24) is 0 Å². The second-order valence-electron chi connectivity index (χ2n) is 4.59. The molecule has 12 nitrogen and oxygen atoms in total. The van der Waals surface area contributed by atoms with Gasteiger partial charge in [0.05, 0.1) is 35.5 Å². The molecule has 0 amide bonds. The number of hydrazone groups is 1. The summed E-state index contributed by atoms with van der Waals surface area (Å²) in [4.78, 5) is 43.5. The van der Waals surface area contributed by atoms with Gasteiger partial charge in [0.1, 0.15) is 5.69 Å². The van der Waals surface area contributed by atoms with Crippen molar-refractivity contribution in [3.05, 3.63) is 38.4 Å². The predicted octanol–water partition coefficient (Wildman–Crippen LogP) is 1.79. The molecule has 1 N–H and O–H groups in total. The molecular weight excluding hydrogens is 352 g/mol. The van der Waals surface area contributed by atoms with Gasteiger partial charge in [-0.05, 0) is 19.9 Å². The molecule has 0 radical (unpaired) electrons. The Morgan fingerprint density at radius 3 is 2.31 bits per heavy atom. The molecule has 0 fully saturated rings. The lowest BCUT2D eigenvalue weighted by Crippen LogP contribution is -2.23. The Balaban J connectivity index is 3.14. The maximum atomic E-state index is 11.8. The van der Waals surface area contributed by atoms with Crippen molar-refractivity contribution < 1.29 is 28.9 Å². The molecule has 0 aliphatic heterocycles. The zero-order chi connectivity index (χ0) is 19.7. The van der Waals surface area contributed by atoms with Crippen molar-refractivity contribution in [2.45, 2.75) is 20.3 Å². The number of nitro benzene ring substituents is 2. The van der Waals surface area contributed by atoms with Gasteiger partial charge in [-0.1, -0.05) is 0 Å². The second kappa shape index (κ2) is 9.66. The molecule has 0 aromatic heterocycles. The van der Waals surface area contributed by atoms with Gasteiger partial charge in [0.15, 0.2) is 5.71 Å². The highest BCUT2D eigenvalue weighted by atomic mass is 16.6. The maximum absolute atomic E-state index is 11.8. The molecule has 0 atom stereocenters. The van der Waals surface area contributed by atoms with Gasteiger partial charge in [-0.15, -0.1) is 0 Å². The van der Waals surface area contributed by atoms with E-state index in [9.17, 15) is 29.8 Å². The quantitative estimate of drug-likeness (QED) is 0.296. The van der Waals surface area contributed by atoms with Crippen LogP contribution in [0.15, 0.2) is 23.3 Å². The van der Waals surface area contributed by atoms with Crippen LogP contribution in [-0.4, -0.2) is 40.7 Å². The zero-order valence-electron chi connectivity index (χ0n) is 14.0. The molecule has 0 saturated carbocycles. The van der Waals surface area contributed by atoms with E-state index in [1.165, 1.54) is 0 Å². The number of esters is 2. The SMILES string of the molecule is CCOC(=O)CC(=NNc1ccc([N+](=O)[O-])cc1[N+](=O)[O-])C(=O)OCC. The molecule has 0 unspecified atom stereocenters. The number of non-ortho nitro benzene ring substituents is 1. The van der Waals surface area contributed by atoms with Gasteiger partial charge in [0, 0.05) is 6.07 Å². The number of rotatable bonds is 9. The summed E-state index contributed by atoms with van der Waals surface area (Å²) in [6.07, 6.45) is -0.513. The molecule has 0 bridgehead atoms. The first-order valence-electron chi connectivity index (χ1n) is 7.38. The molecular formula is C14H16N4O8. The normalized spacial score (nSPS) is 10.8. The molecule has 0 aliphatic carbocycles. The topological polar surface area (TPSA) is 163 Å². The van der Waals surface area contributed by atoms with Crippen LogP contribution in [0.3, 0.4) is 0 Å². The Labute approximate surface area is 147 Å². The Kier molecular flexibility index (Phi) is 7.61. The smallest absolute Gasteiger partial charge is 0.355 e. The van der Waals surface area contributed by atoms with Crippen LogP contribution in [0.2, 0.25) is 0 Å². The highest BCUT2D eigenvalue weighted by Crippen LogP contribution is 2.28. The molecule has 1 aromatic rings. The predicted molar refractivity (Wildman–Crippen MR) is 88.7 cm³/mol. The second-order valence-corrected chi connectivity index (χ2v) is 4.59. The Hall–Kier alpha value is -3.57. The van der Waals surface area contributed by atoms with Crippen molar-refractivity contribution in [3.63, 3.8) is 0 Å². The summed E-state index contributed by atoms with van der Waals surface area (Å²) in [5, 5.41) is 25.5. The first-order valence-corrected chi connectivity index (χ1v) is 7.38. The van der Waals surface area contributed by atoms with Gasteiger partial charge in [-0.3, -0.25) is 30.4 Å². The number of benzene rings is 1. The number of carbonyl (C=O) groups is 2. The molecule has 0 aliphatic rings. The third-order valence-corrected chi connectivity index (χ3v) is 2.83. The number of nitro groups is 2. The maximum Gasteiger partial charge on any atom is 0.355 e. The Morgan fingerprint density at radius 1 is 1.12 bits per heavy atom. The fraction of sp³-hybridized carbons (Fsp3) is 0.357. The highest BCUT2D eigenvalue weighted by molar-refractivity contribution is 6.39. The summed E-state index contributed by atoms with van der Waals surface area (Å²) < 4.78 is 9.48. The van der Waals surface area contributed by atoms with E-state index in [0.717, 1.165) is 18.2 Å². The lowest BCUT2D eigenvalue weighted by atomic mass is 10.2. The standard InChI is InChI=1S/C14H16N4O8/c1-3-25-13(19)8-11(14(20)26-4-2)16-15-10-6-5-9(17(21)22)7-12(10)18(23)24/h5-7,15H,3-4,8H2,1-2H3. The molecule has 140 valence electrons. The van der Waals surface area contributed by atoms with Crippen LogP contribution < -0.4 is 5.43 Å². The van der Waals surface area contributed by atoms with E-state index >= 15 is 0 Å². The van der Waals surface area contributed by atoms with Crippen LogP contribution in [0.4, 0.5) is 17.1 Å². The lowest BCUT2D eigenvalue weighted by Gasteiger charge is -2.07. The first kappa shape index (κ1) is 20.5. The number of ether oxygens (including phenoxy) is 2. The first-order chi connectivity index (χ1) is 12.3. The molecule has 0 saturated heterocycles. The Bertz CT molecular complexity index is 746. The van der Waals surface area contributed by atoms with Crippen LogP contribution >= 0.6 is 0 Å². The third-order valence-electron chi connectivity index (χ3n) is 2.83. The van der Waals surface area contributed by atoms with E-state index in [1.807, 2.05) is 0 Å². The van der Waals surface area contributed by atoms with Crippen molar-refractivity contribution >= 4 is 34.7 Å². The highest BCUT2D eigenvalue weighted by Gasteiger charge is 2.21. The van der Waals surface area contributed by atoms with Crippen molar-refractivity contribution in [2.24, 2.45) is 5.10 Å². The molecule has 0 heterocycles.